The van der Waals surface area contributed by atoms with Crippen LogP contribution in [0.25, 0.3) is 0 Å². The first-order chi connectivity index (χ1) is 11.1. The van der Waals surface area contributed by atoms with Crippen LogP contribution in [0.5, 0.6) is 0 Å². The number of aromatic carboxylic acids is 1. The van der Waals surface area contributed by atoms with Gasteiger partial charge in [-0.25, -0.2) is 4.79 Å². The van der Waals surface area contributed by atoms with Gasteiger partial charge in [-0.2, -0.15) is 0 Å². The van der Waals surface area contributed by atoms with Crippen molar-refractivity contribution in [2.45, 2.75) is 44.6 Å². The molecule has 3 nitrogen and oxygen atoms in total. The number of carbonyl (C=O) groups is 1. The van der Waals surface area contributed by atoms with Gasteiger partial charge in [-0.1, -0.05) is 36.8 Å². The number of hydrogen-bond acceptors (Lipinski definition) is 2. The maximum absolute atomic E-state index is 11.1. The predicted octanol–water partition coefficient (Wildman–Crippen LogP) is 4.83. The van der Waals surface area contributed by atoms with E-state index < -0.39 is 5.97 Å². The van der Waals surface area contributed by atoms with Crippen molar-refractivity contribution in [2.75, 3.05) is 5.32 Å². The van der Waals surface area contributed by atoms with Gasteiger partial charge < -0.3 is 10.4 Å². The molecule has 1 aliphatic rings. The van der Waals surface area contributed by atoms with E-state index in [-0.39, 0.29) is 0 Å². The summed E-state index contributed by atoms with van der Waals surface area (Å²) in [5.74, 6) is -0.252. The first-order valence-corrected chi connectivity index (χ1v) is 8.29. The molecule has 2 N–H and O–H groups in total. The molecule has 3 heteroatoms. The van der Waals surface area contributed by atoms with Crippen LogP contribution in [0, 0.1) is 6.92 Å². The summed E-state index contributed by atoms with van der Waals surface area (Å²) < 4.78 is 0. The van der Waals surface area contributed by atoms with Crippen molar-refractivity contribution in [1.82, 2.24) is 0 Å². The van der Waals surface area contributed by atoms with Crippen molar-refractivity contribution in [3.05, 3.63) is 65.2 Å². The van der Waals surface area contributed by atoms with E-state index >= 15 is 0 Å². The molecule has 120 valence electrons. The van der Waals surface area contributed by atoms with Crippen molar-refractivity contribution >= 4 is 11.7 Å². The Labute approximate surface area is 137 Å². The smallest absolute Gasteiger partial charge is 0.335 e. The number of rotatable bonds is 4. The van der Waals surface area contributed by atoms with E-state index in [4.69, 9.17) is 5.11 Å². The van der Waals surface area contributed by atoms with E-state index in [9.17, 15) is 4.79 Å². The summed E-state index contributed by atoms with van der Waals surface area (Å²) in [6.45, 7) is 1.85. The zero-order valence-electron chi connectivity index (χ0n) is 13.5. The fourth-order valence-corrected chi connectivity index (χ4v) is 3.58. The first-order valence-electron chi connectivity index (χ1n) is 8.29. The third-order valence-electron chi connectivity index (χ3n) is 4.77. The van der Waals surface area contributed by atoms with Gasteiger partial charge in [-0.15, -0.1) is 0 Å². The summed E-state index contributed by atoms with van der Waals surface area (Å²) in [7, 11) is 0. The molecule has 1 aliphatic carbocycles. The van der Waals surface area contributed by atoms with Crippen LogP contribution in [0.4, 0.5) is 5.69 Å². The monoisotopic (exact) mass is 309 g/mol. The highest BCUT2D eigenvalue weighted by atomic mass is 16.4. The molecule has 0 saturated heterocycles. The second-order valence-corrected chi connectivity index (χ2v) is 6.45. The largest absolute Gasteiger partial charge is 0.478 e. The van der Waals surface area contributed by atoms with E-state index in [1.54, 1.807) is 6.07 Å². The Morgan fingerprint density at radius 2 is 1.91 bits per heavy atom. The molecule has 0 aromatic heterocycles. The highest BCUT2D eigenvalue weighted by Crippen LogP contribution is 2.34. The maximum atomic E-state index is 11.1. The third kappa shape index (κ3) is 3.73. The average molecular weight is 309 g/mol. The topological polar surface area (TPSA) is 49.3 Å². The molecule has 0 heterocycles. The summed E-state index contributed by atoms with van der Waals surface area (Å²) in [5.41, 5.74) is 3.63. The van der Waals surface area contributed by atoms with Gasteiger partial charge in [-0.05, 0) is 61.4 Å². The van der Waals surface area contributed by atoms with Crippen molar-refractivity contribution in [1.29, 1.82) is 0 Å². The standard InChI is InChI=1S/C20H23NO2/c1-14-12-18(10-11-19(14)20(22)23)21-17-9-5-8-16(13-17)15-6-3-2-4-7-15/h2-4,6-7,10-12,16-17,21H,5,8-9,13H2,1H3,(H,22,23). The van der Waals surface area contributed by atoms with Crippen molar-refractivity contribution in [3.63, 3.8) is 0 Å². The zero-order chi connectivity index (χ0) is 16.2. The zero-order valence-corrected chi connectivity index (χ0v) is 13.5. The summed E-state index contributed by atoms with van der Waals surface area (Å²) >= 11 is 0. The summed E-state index contributed by atoms with van der Waals surface area (Å²) in [6.07, 6.45) is 4.77. The lowest BCUT2D eigenvalue weighted by atomic mass is 9.81. The molecule has 0 aliphatic heterocycles. The minimum absolute atomic E-state index is 0.376. The SMILES string of the molecule is Cc1cc(NC2CCCC(c3ccccc3)C2)ccc1C(=O)O. The van der Waals surface area contributed by atoms with Crippen LogP contribution in [-0.4, -0.2) is 17.1 Å². The minimum atomic E-state index is -0.865. The highest BCUT2D eigenvalue weighted by Gasteiger charge is 2.23. The summed E-state index contributed by atoms with van der Waals surface area (Å²) in [6, 6.07) is 16.7. The Balaban J connectivity index is 1.68. The minimum Gasteiger partial charge on any atom is -0.478 e. The number of hydrogen-bond donors (Lipinski definition) is 2. The van der Waals surface area contributed by atoms with Crippen LogP contribution >= 0.6 is 0 Å². The van der Waals surface area contributed by atoms with Gasteiger partial charge in [0.1, 0.15) is 0 Å². The quantitative estimate of drug-likeness (QED) is 0.850. The van der Waals surface area contributed by atoms with Gasteiger partial charge >= 0.3 is 5.97 Å². The molecule has 0 bridgehead atoms. The molecule has 2 atom stereocenters. The van der Waals surface area contributed by atoms with Gasteiger partial charge in [0.2, 0.25) is 0 Å². The van der Waals surface area contributed by atoms with Crippen LogP contribution in [0.2, 0.25) is 0 Å². The van der Waals surface area contributed by atoms with E-state index in [2.05, 4.69) is 35.6 Å². The van der Waals surface area contributed by atoms with Crippen molar-refractivity contribution in [2.24, 2.45) is 0 Å². The lowest BCUT2D eigenvalue weighted by Crippen LogP contribution is -2.26. The fourth-order valence-electron chi connectivity index (χ4n) is 3.58. The van der Waals surface area contributed by atoms with Gasteiger partial charge in [-0.3, -0.25) is 0 Å². The molecular formula is C20H23NO2. The average Bonchev–Trinajstić information content (AvgIpc) is 2.56. The lowest BCUT2D eigenvalue weighted by molar-refractivity contribution is 0.0696. The van der Waals surface area contributed by atoms with Crippen LogP contribution in [0.3, 0.4) is 0 Å². The number of carboxylic acids is 1. The summed E-state index contributed by atoms with van der Waals surface area (Å²) in [5, 5.41) is 12.7. The molecule has 3 rings (SSSR count). The van der Waals surface area contributed by atoms with Gasteiger partial charge in [0.05, 0.1) is 5.56 Å². The van der Waals surface area contributed by atoms with Crippen LogP contribution < -0.4 is 5.32 Å². The van der Waals surface area contributed by atoms with Gasteiger partial charge in [0, 0.05) is 11.7 Å². The second-order valence-electron chi connectivity index (χ2n) is 6.45. The normalized spacial score (nSPS) is 20.9. The van der Waals surface area contributed by atoms with Crippen LogP contribution in [-0.2, 0) is 0 Å². The molecule has 0 amide bonds. The molecule has 0 spiro atoms. The predicted molar refractivity (Wildman–Crippen MR) is 93.2 cm³/mol. The van der Waals surface area contributed by atoms with Crippen LogP contribution in [0.1, 0.15) is 53.1 Å². The van der Waals surface area contributed by atoms with E-state index in [0.29, 0.717) is 17.5 Å². The Morgan fingerprint density at radius 3 is 2.61 bits per heavy atom. The molecule has 1 fully saturated rings. The van der Waals surface area contributed by atoms with E-state index in [0.717, 1.165) is 17.7 Å². The molecule has 2 aromatic rings. The van der Waals surface area contributed by atoms with Gasteiger partial charge in [0.15, 0.2) is 0 Å². The fraction of sp³-hybridized carbons (Fsp3) is 0.350. The highest BCUT2D eigenvalue weighted by molar-refractivity contribution is 5.89. The Bertz CT molecular complexity index is 681. The number of nitrogens with one attached hydrogen (secondary N) is 1. The second kappa shape index (κ2) is 6.86. The number of aryl methyl sites for hydroxylation is 1. The molecule has 1 saturated carbocycles. The molecule has 0 radical (unpaired) electrons. The van der Waals surface area contributed by atoms with Crippen molar-refractivity contribution < 1.29 is 9.90 Å². The third-order valence-corrected chi connectivity index (χ3v) is 4.77. The maximum Gasteiger partial charge on any atom is 0.335 e. The Kier molecular flexibility index (Phi) is 4.65. The molecule has 2 aromatic carbocycles. The molecule has 2 unspecified atom stereocenters. The molecular weight excluding hydrogens is 286 g/mol. The summed E-state index contributed by atoms with van der Waals surface area (Å²) in [4.78, 5) is 11.1. The number of benzene rings is 2. The van der Waals surface area contributed by atoms with Crippen LogP contribution in [0.15, 0.2) is 48.5 Å². The number of anilines is 1. The van der Waals surface area contributed by atoms with Crippen molar-refractivity contribution in [3.8, 4) is 0 Å². The first kappa shape index (κ1) is 15.6. The van der Waals surface area contributed by atoms with E-state index in [1.807, 2.05) is 19.1 Å². The number of carboxylic acid groups (broad SMARTS) is 1. The Morgan fingerprint density at radius 1 is 1.13 bits per heavy atom. The van der Waals surface area contributed by atoms with Gasteiger partial charge in [0.25, 0.3) is 0 Å². The Hall–Kier alpha value is -2.29. The molecule has 23 heavy (non-hydrogen) atoms. The van der Waals surface area contributed by atoms with E-state index in [1.165, 1.54) is 24.8 Å². The lowest BCUT2D eigenvalue weighted by Gasteiger charge is -2.31.